The molecule has 0 aromatic carbocycles. The topological polar surface area (TPSA) is 119 Å². The van der Waals surface area contributed by atoms with E-state index in [9.17, 15) is 13.2 Å². The molecule has 0 saturated carbocycles. The zero-order valence-corrected chi connectivity index (χ0v) is 11.8. The highest BCUT2D eigenvalue weighted by molar-refractivity contribution is 7.89. The summed E-state index contributed by atoms with van der Waals surface area (Å²) in [6.07, 6.45) is 1.58. The summed E-state index contributed by atoms with van der Waals surface area (Å²) < 4.78 is 28.4. The van der Waals surface area contributed by atoms with Crippen molar-refractivity contribution >= 4 is 27.4 Å². The van der Waals surface area contributed by atoms with Gasteiger partial charge in [-0.1, -0.05) is 6.07 Å². The molecule has 0 aliphatic heterocycles. The zero-order valence-electron chi connectivity index (χ0n) is 11.0. The number of pyridine rings is 1. The van der Waals surface area contributed by atoms with Gasteiger partial charge in [0.05, 0.1) is 6.04 Å². The number of sulfonamides is 1. The Labute approximate surface area is 116 Å². The Bertz CT molecular complexity index is 753. The Morgan fingerprint density at radius 1 is 1.45 bits per heavy atom. The van der Waals surface area contributed by atoms with Gasteiger partial charge >= 0.3 is 0 Å². The predicted molar refractivity (Wildman–Crippen MR) is 73.7 cm³/mol. The van der Waals surface area contributed by atoms with E-state index in [-0.39, 0.29) is 10.8 Å². The van der Waals surface area contributed by atoms with Crippen molar-refractivity contribution < 1.29 is 13.2 Å². The van der Waals surface area contributed by atoms with Crippen LogP contribution in [0.3, 0.4) is 0 Å². The number of hydrogen-bond donors (Lipinski definition) is 3. The van der Waals surface area contributed by atoms with Crippen molar-refractivity contribution in [3.05, 3.63) is 24.4 Å². The van der Waals surface area contributed by atoms with E-state index in [1.54, 1.807) is 31.4 Å². The summed E-state index contributed by atoms with van der Waals surface area (Å²) >= 11 is 0. The number of carbonyl (C=O) groups is 1. The Morgan fingerprint density at radius 3 is 2.75 bits per heavy atom. The molecule has 0 saturated heterocycles. The average Bonchev–Trinajstić information content (AvgIpc) is 2.77. The normalized spacial score (nSPS) is 13.3. The largest absolute Gasteiger partial charge is 0.371 e. The van der Waals surface area contributed by atoms with Gasteiger partial charge in [0.1, 0.15) is 5.65 Å². The number of hydrogen-bond acceptors (Lipinski definition) is 5. The first-order valence-electron chi connectivity index (χ1n) is 5.83. The standard InChI is InChI=1S/C11H15N5O3S/c1-7(9(12)17)15-20(18,19)11-10(13-2)14-8-5-3-4-6-16(8)11/h3-7,13,15H,1-2H3,(H2,12,17). The van der Waals surface area contributed by atoms with Gasteiger partial charge in [0, 0.05) is 13.2 Å². The molecular formula is C11H15N5O3S. The van der Waals surface area contributed by atoms with Crippen LogP contribution in [0.15, 0.2) is 29.4 Å². The molecule has 8 nitrogen and oxygen atoms in total. The van der Waals surface area contributed by atoms with Crippen molar-refractivity contribution in [2.24, 2.45) is 5.73 Å². The third-order valence-corrected chi connectivity index (χ3v) is 4.30. The average molecular weight is 297 g/mol. The number of amides is 1. The first-order valence-corrected chi connectivity index (χ1v) is 7.31. The zero-order chi connectivity index (χ0) is 14.9. The van der Waals surface area contributed by atoms with Crippen LogP contribution in [0.1, 0.15) is 6.92 Å². The number of aromatic nitrogens is 2. The van der Waals surface area contributed by atoms with Gasteiger partial charge in [0.15, 0.2) is 10.8 Å². The van der Waals surface area contributed by atoms with Crippen LogP contribution in [0.25, 0.3) is 5.65 Å². The van der Waals surface area contributed by atoms with Gasteiger partial charge in [-0.05, 0) is 19.1 Å². The van der Waals surface area contributed by atoms with Crippen LogP contribution in [-0.4, -0.2) is 36.8 Å². The van der Waals surface area contributed by atoms with Gasteiger partial charge in [-0.15, -0.1) is 0 Å². The molecule has 2 aromatic heterocycles. The third kappa shape index (κ3) is 2.45. The lowest BCUT2D eigenvalue weighted by Gasteiger charge is -2.11. The highest BCUT2D eigenvalue weighted by Crippen LogP contribution is 2.22. The molecule has 1 amide bonds. The molecule has 0 aliphatic rings. The van der Waals surface area contributed by atoms with Crippen LogP contribution in [0.4, 0.5) is 5.82 Å². The van der Waals surface area contributed by atoms with Gasteiger partial charge < -0.3 is 11.1 Å². The molecule has 20 heavy (non-hydrogen) atoms. The number of carbonyl (C=O) groups excluding carboxylic acids is 1. The number of anilines is 1. The molecule has 1 unspecified atom stereocenters. The highest BCUT2D eigenvalue weighted by Gasteiger charge is 2.27. The minimum Gasteiger partial charge on any atom is -0.371 e. The lowest BCUT2D eigenvalue weighted by Crippen LogP contribution is -2.42. The van der Waals surface area contributed by atoms with Crippen molar-refractivity contribution in [1.82, 2.24) is 14.1 Å². The van der Waals surface area contributed by atoms with Crippen molar-refractivity contribution in [2.45, 2.75) is 18.0 Å². The van der Waals surface area contributed by atoms with Crippen LogP contribution >= 0.6 is 0 Å². The molecule has 9 heteroatoms. The third-order valence-electron chi connectivity index (χ3n) is 2.74. The van der Waals surface area contributed by atoms with E-state index in [0.717, 1.165) is 0 Å². The second-order valence-corrected chi connectivity index (χ2v) is 5.82. The summed E-state index contributed by atoms with van der Waals surface area (Å²) in [4.78, 5) is 15.2. The van der Waals surface area contributed by atoms with Crippen LogP contribution in [-0.2, 0) is 14.8 Å². The molecular weight excluding hydrogens is 282 g/mol. The molecule has 2 heterocycles. The molecule has 0 bridgehead atoms. The molecule has 1 atom stereocenters. The number of nitrogens with two attached hydrogens (primary N) is 1. The molecule has 0 radical (unpaired) electrons. The molecule has 108 valence electrons. The van der Waals surface area contributed by atoms with Crippen LogP contribution < -0.4 is 15.8 Å². The lowest BCUT2D eigenvalue weighted by molar-refractivity contribution is -0.119. The second kappa shape index (κ2) is 5.10. The number of fused-ring (bicyclic) bond motifs is 1. The molecule has 0 fully saturated rings. The number of rotatable bonds is 5. The van der Waals surface area contributed by atoms with Gasteiger partial charge in [-0.25, -0.2) is 13.4 Å². The quantitative estimate of drug-likeness (QED) is 0.689. The smallest absolute Gasteiger partial charge is 0.261 e. The molecule has 0 spiro atoms. The summed E-state index contributed by atoms with van der Waals surface area (Å²) in [5.41, 5.74) is 5.55. The Balaban J connectivity index is 2.58. The second-order valence-electron chi connectivity index (χ2n) is 4.19. The first-order chi connectivity index (χ1) is 9.36. The fourth-order valence-corrected chi connectivity index (χ4v) is 3.25. The maximum absolute atomic E-state index is 12.4. The molecule has 4 N–H and O–H groups in total. The maximum Gasteiger partial charge on any atom is 0.261 e. The number of primary amides is 1. The summed E-state index contributed by atoms with van der Waals surface area (Å²) in [5, 5.41) is 2.66. The van der Waals surface area contributed by atoms with Crippen molar-refractivity contribution in [1.29, 1.82) is 0 Å². The monoisotopic (exact) mass is 297 g/mol. The molecule has 0 aliphatic carbocycles. The van der Waals surface area contributed by atoms with E-state index in [0.29, 0.717) is 5.65 Å². The van der Waals surface area contributed by atoms with Crippen molar-refractivity contribution in [3.8, 4) is 0 Å². The molecule has 2 rings (SSSR count). The number of imidazole rings is 1. The fourth-order valence-electron chi connectivity index (χ4n) is 1.74. The highest BCUT2D eigenvalue weighted by atomic mass is 32.2. The first kappa shape index (κ1) is 14.3. The van der Waals surface area contributed by atoms with Crippen LogP contribution in [0.2, 0.25) is 0 Å². The van der Waals surface area contributed by atoms with Gasteiger partial charge in [-0.2, -0.15) is 4.72 Å². The molecule has 2 aromatic rings. The Hall–Kier alpha value is -2.13. The fraction of sp³-hybridized carbons (Fsp3) is 0.273. The van der Waals surface area contributed by atoms with E-state index in [2.05, 4.69) is 15.0 Å². The minimum absolute atomic E-state index is 0.0660. The summed E-state index contributed by atoms with van der Waals surface area (Å²) in [6, 6.07) is 4.10. The minimum atomic E-state index is -3.94. The van der Waals surface area contributed by atoms with E-state index in [4.69, 9.17) is 5.73 Å². The van der Waals surface area contributed by atoms with E-state index in [1.165, 1.54) is 11.3 Å². The van der Waals surface area contributed by atoms with E-state index >= 15 is 0 Å². The summed E-state index contributed by atoms with van der Waals surface area (Å²) in [6.45, 7) is 1.38. The van der Waals surface area contributed by atoms with E-state index < -0.39 is 22.0 Å². The summed E-state index contributed by atoms with van der Waals surface area (Å²) in [5.74, 6) is -0.561. The van der Waals surface area contributed by atoms with Gasteiger partial charge in [-0.3, -0.25) is 9.20 Å². The van der Waals surface area contributed by atoms with Gasteiger partial charge in [0.2, 0.25) is 5.91 Å². The van der Waals surface area contributed by atoms with E-state index in [1.807, 2.05) is 0 Å². The number of nitrogens with zero attached hydrogens (tertiary/aromatic N) is 2. The SMILES string of the molecule is CNc1nc2ccccn2c1S(=O)(=O)NC(C)C(N)=O. The predicted octanol–water partition coefficient (Wildman–Crippen LogP) is -0.472. The van der Waals surface area contributed by atoms with Crippen LogP contribution in [0.5, 0.6) is 0 Å². The number of nitrogens with one attached hydrogen (secondary N) is 2. The maximum atomic E-state index is 12.4. The van der Waals surface area contributed by atoms with Gasteiger partial charge in [0.25, 0.3) is 10.0 Å². The van der Waals surface area contributed by atoms with Crippen molar-refractivity contribution in [2.75, 3.05) is 12.4 Å². The summed E-state index contributed by atoms with van der Waals surface area (Å²) in [7, 11) is -2.38. The lowest BCUT2D eigenvalue weighted by atomic mass is 10.4. The van der Waals surface area contributed by atoms with Crippen molar-refractivity contribution in [3.63, 3.8) is 0 Å². The Morgan fingerprint density at radius 2 is 2.15 bits per heavy atom. The Kier molecular flexibility index (Phi) is 3.64. The van der Waals surface area contributed by atoms with Crippen LogP contribution in [0, 0.1) is 0 Å².